The molecular weight excluding hydrogens is 184 g/mol. The third kappa shape index (κ3) is 3.18. The Kier molecular flexibility index (Phi) is 3.64. The van der Waals surface area contributed by atoms with Gasteiger partial charge in [-0.3, -0.25) is 4.68 Å². The summed E-state index contributed by atoms with van der Waals surface area (Å²) in [6.07, 6.45) is 3.57. The van der Waals surface area contributed by atoms with Crippen LogP contribution < -0.4 is 0 Å². The Balaban J connectivity index is 2.25. The number of aryl methyl sites for hydroxylation is 1. The van der Waals surface area contributed by atoms with Gasteiger partial charge in [0.15, 0.2) is 6.10 Å². The van der Waals surface area contributed by atoms with Crippen molar-refractivity contribution in [3.05, 3.63) is 18.0 Å². The number of carboxylic acids is 1. The molecule has 1 N–H and O–H groups in total. The molecule has 0 unspecified atom stereocenters. The Morgan fingerprint density at radius 2 is 2.50 bits per heavy atom. The molecule has 0 saturated carbocycles. The Morgan fingerprint density at radius 3 is 3.00 bits per heavy atom. The Hall–Kier alpha value is -1.36. The highest BCUT2D eigenvalue weighted by Gasteiger charge is 2.10. The minimum Gasteiger partial charge on any atom is -0.479 e. The van der Waals surface area contributed by atoms with Crippen LogP contribution in [0.3, 0.4) is 0 Å². The van der Waals surface area contributed by atoms with Crippen LogP contribution in [0.5, 0.6) is 0 Å². The summed E-state index contributed by atoms with van der Waals surface area (Å²) in [5, 5.41) is 12.5. The minimum absolute atomic E-state index is 0.402. The van der Waals surface area contributed by atoms with Gasteiger partial charge in [-0.05, 0) is 18.9 Å². The van der Waals surface area contributed by atoms with Crippen LogP contribution in [0.15, 0.2) is 12.4 Å². The fraction of sp³-hybridized carbons (Fsp3) is 0.556. The van der Waals surface area contributed by atoms with Gasteiger partial charge in [-0.1, -0.05) is 0 Å². The van der Waals surface area contributed by atoms with E-state index in [1.807, 2.05) is 13.2 Å². The highest BCUT2D eigenvalue weighted by molar-refractivity contribution is 5.71. The first kappa shape index (κ1) is 10.7. The van der Waals surface area contributed by atoms with Crippen molar-refractivity contribution < 1.29 is 14.6 Å². The molecule has 0 aliphatic carbocycles. The molecule has 0 saturated heterocycles. The van der Waals surface area contributed by atoms with E-state index in [1.54, 1.807) is 10.9 Å². The smallest absolute Gasteiger partial charge is 0.332 e. The van der Waals surface area contributed by atoms with Crippen LogP contribution in [0.4, 0.5) is 0 Å². The van der Waals surface area contributed by atoms with Gasteiger partial charge < -0.3 is 9.84 Å². The third-order valence-corrected chi connectivity index (χ3v) is 1.86. The lowest BCUT2D eigenvalue weighted by Gasteiger charge is -2.06. The van der Waals surface area contributed by atoms with Crippen LogP contribution in [-0.4, -0.2) is 33.6 Å². The fourth-order valence-electron chi connectivity index (χ4n) is 1.03. The SMILES string of the molecule is C[C@@H](OCCc1cnn(C)c1)C(=O)O. The van der Waals surface area contributed by atoms with E-state index in [-0.39, 0.29) is 0 Å². The Morgan fingerprint density at radius 1 is 1.79 bits per heavy atom. The number of hydrogen-bond acceptors (Lipinski definition) is 3. The van der Waals surface area contributed by atoms with Gasteiger partial charge in [0.25, 0.3) is 0 Å². The number of hydrogen-bond donors (Lipinski definition) is 1. The van der Waals surface area contributed by atoms with Gasteiger partial charge in [0.1, 0.15) is 0 Å². The van der Waals surface area contributed by atoms with E-state index in [0.29, 0.717) is 13.0 Å². The summed E-state index contributed by atoms with van der Waals surface area (Å²) in [5.41, 5.74) is 1.05. The zero-order valence-electron chi connectivity index (χ0n) is 8.30. The van der Waals surface area contributed by atoms with E-state index in [9.17, 15) is 4.79 Å². The molecular formula is C9H14N2O3. The number of aliphatic carboxylic acids is 1. The van der Waals surface area contributed by atoms with Crippen molar-refractivity contribution in [2.24, 2.45) is 7.05 Å². The van der Waals surface area contributed by atoms with E-state index >= 15 is 0 Å². The van der Waals surface area contributed by atoms with Gasteiger partial charge in [-0.2, -0.15) is 5.10 Å². The van der Waals surface area contributed by atoms with Crippen LogP contribution in [-0.2, 0) is 23.0 Å². The summed E-state index contributed by atoms with van der Waals surface area (Å²) in [6.45, 7) is 1.92. The van der Waals surface area contributed by atoms with Gasteiger partial charge in [0, 0.05) is 13.2 Å². The molecule has 1 aromatic rings. The maximum absolute atomic E-state index is 10.4. The van der Waals surface area contributed by atoms with E-state index in [2.05, 4.69) is 5.10 Å². The van der Waals surface area contributed by atoms with Gasteiger partial charge in [-0.15, -0.1) is 0 Å². The molecule has 1 atom stereocenters. The molecule has 14 heavy (non-hydrogen) atoms. The highest BCUT2D eigenvalue weighted by atomic mass is 16.5. The lowest BCUT2D eigenvalue weighted by atomic mass is 10.3. The average molecular weight is 198 g/mol. The number of ether oxygens (including phenoxy) is 1. The summed E-state index contributed by atoms with van der Waals surface area (Å²) < 4.78 is 6.78. The Bertz CT molecular complexity index is 309. The molecule has 0 radical (unpaired) electrons. The molecule has 1 rings (SSSR count). The van der Waals surface area contributed by atoms with E-state index in [1.165, 1.54) is 6.92 Å². The number of carboxylic acid groups (broad SMARTS) is 1. The number of rotatable bonds is 5. The molecule has 0 aliphatic heterocycles. The molecule has 0 aliphatic rings. The quantitative estimate of drug-likeness (QED) is 0.746. The molecule has 0 amide bonds. The number of aromatic nitrogens is 2. The topological polar surface area (TPSA) is 64.4 Å². The highest BCUT2D eigenvalue weighted by Crippen LogP contribution is 1.99. The minimum atomic E-state index is -0.934. The van der Waals surface area contributed by atoms with E-state index < -0.39 is 12.1 Å². The molecule has 1 heterocycles. The zero-order chi connectivity index (χ0) is 10.6. The number of carbonyl (C=O) groups is 1. The standard InChI is InChI=1S/C9H14N2O3/c1-7(9(12)13)14-4-3-8-5-10-11(2)6-8/h5-7H,3-4H2,1-2H3,(H,12,13)/t7-/m1/s1. The summed E-state index contributed by atoms with van der Waals surface area (Å²) in [5.74, 6) is -0.934. The molecule has 0 fully saturated rings. The van der Waals surface area contributed by atoms with Crippen molar-refractivity contribution in [2.75, 3.05) is 6.61 Å². The van der Waals surface area contributed by atoms with Crippen molar-refractivity contribution >= 4 is 5.97 Å². The maximum Gasteiger partial charge on any atom is 0.332 e. The molecule has 78 valence electrons. The van der Waals surface area contributed by atoms with Crippen molar-refractivity contribution in [1.29, 1.82) is 0 Å². The Labute approximate surface area is 82.3 Å². The van der Waals surface area contributed by atoms with Crippen LogP contribution in [0.25, 0.3) is 0 Å². The first-order valence-electron chi connectivity index (χ1n) is 4.41. The predicted octanol–water partition coefficient (Wildman–Crippen LogP) is 0.452. The molecule has 0 bridgehead atoms. The van der Waals surface area contributed by atoms with E-state index in [0.717, 1.165) is 5.56 Å². The van der Waals surface area contributed by atoms with Crippen LogP contribution in [0.2, 0.25) is 0 Å². The average Bonchev–Trinajstić information content (AvgIpc) is 2.51. The lowest BCUT2D eigenvalue weighted by Crippen LogP contribution is -2.20. The van der Waals surface area contributed by atoms with Gasteiger partial charge in [-0.25, -0.2) is 4.79 Å². The monoisotopic (exact) mass is 198 g/mol. The second-order valence-electron chi connectivity index (χ2n) is 3.12. The fourth-order valence-corrected chi connectivity index (χ4v) is 1.03. The van der Waals surface area contributed by atoms with Crippen molar-refractivity contribution in [1.82, 2.24) is 9.78 Å². The van der Waals surface area contributed by atoms with Crippen molar-refractivity contribution in [3.8, 4) is 0 Å². The summed E-state index contributed by atoms with van der Waals surface area (Å²) >= 11 is 0. The van der Waals surface area contributed by atoms with Crippen LogP contribution in [0, 0.1) is 0 Å². The normalized spacial score (nSPS) is 12.7. The second-order valence-corrected chi connectivity index (χ2v) is 3.12. The van der Waals surface area contributed by atoms with Gasteiger partial charge in [0.05, 0.1) is 12.8 Å². The largest absolute Gasteiger partial charge is 0.479 e. The molecule has 5 heteroatoms. The molecule has 1 aromatic heterocycles. The summed E-state index contributed by atoms with van der Waals surface area (Å²) in [6, 6.07) is 0. The van der Waals surface area contributed by atoms with Gasteiger partial charge >= 0.3 is 5.97 Å². The second kappa shape index (κ2) is 4.76. The first-order chi connectivity index (χ1) is 6.59. The molecule has 0 spiro atoms. The van der Waals surface area contributed by atoms with Crippen LogP contribution >= 0.6 is 0 Å². The van der Waals surface area contributed by atoms with Crippen LogP contribution in [0.1, 0.15) is 12.5 Å². The van der Waals surface area contributed by atoms with Crippen molar-refractivity contribution in [3.63, 3.8) is 0 Å². The summed E-state index contributed by atoms with van der Waals surface area (Å²) in [7, 11) is 1.84. The maximum atomic E-state index is 10.4. The van der Waals surface area contributed by atoms with Crippen molar-refractivity contribution in [2.45, 2.75) is 19.4 Å². The summed E-state index contributed by atoms with van der Waals surface area (Å²) in [4.78, 5) is 10.4. The lowest BCUT2D eigenvalue weighted by molar-refractivity contribution is -0.149. The van der Waals surface area contributed by atoms with Gasteiger partial charge in [0.2, 0.25) is 0 Å². The third-order valence-electron chi connectivity index (χ3n) is 1.86. The zero-order valence-corrected chi connectivity index (χ0v) is 8.30. The first-order valence-corrected chi connectivity index (χ1v) is 4.41. The van der Waals surface area contributed by atoms with E-state index in [4.69, 9.17) is 9.84 Å². The molecule has 0 aromatic carbocycles. The number of nitrogens with zero attached hydrogens (tertiary/aromatic N) is 2. The molecule has 5 nitrogen and oxygen atoms in total. The predicted molar refractivity (Wildman–Crippen MR) is 50.0 cm³/mol.